The van der Waals surface area contributed by atoms with Crippen molar-refractivity contribution in [1.29, 1.82) is 0 Å². The predicted molar refractivity (Wildman–Crippen MR) is 71.1 cm³/mol. The molecular formula is C15H19NO2. The molecule has 2 aliphatic rings. The fourth-order valence-electron chi connectivity index (χ4n) is 2.78. The van der Waals surface area contributed by atoms with Crippen molar-refractivity contribution in [2.75, 3.05) is 31.2 Å². The van der Waals surface area contributed by atoms with Crippen LogP contribution in [0.2, 0.25) is 0 Å². The van der Waals surface area contributed by atoms with Crippen LogP contribution in [0.3, 0.4) is 0 Å². The van der Waals surface area contributed by atoms with Gasteiger partial charge in [-0.15, -0.1) is 0 Å². The van der Waals surface area contributed by atoms with Crippen molar-refractivity contribution in [3.8, 4) is 0 Å². The van der Waals surface area contributed by atoms with E-state index in [1.807, 2.05) is 0 Å². The first-order valence-corrected chi connectivity index (χ1v) is 6.67. The van der Waals surface area contributed by atoms with Crippen molar-refractivity contribution >= 4 is 11.5 Å². The van der Waals surface area contributed by atoms with Crippen LogP contribution in [0.25, 0.3) is 0 Å². The Morgan fingerprint density at radius 3 is 2.28 bits per heavy atom. The summed E-state index contributed by atoms with van der Waals surface area (Å²) in [7, 11) is 0. The van der Waals surface area contributed by atoms with E-state index < -0.39 is 0 Å². The zero-order valence-electron chi connectivity index (χ0n) is 10.8. The number of hydrogen-bond acceptors (Lipinski definition) is 3. The molecule has 0 N–H and O–H groups in total. The summed E-state index contributed by atoms with van der Waals surface area (Å²) < 4.78 is 5.35. The molecule has 3 nitrogen and oxygen atoms in total. The van der Waals surface area contributed by atoms with Crippen LogP contribution >= 0.6 is 0 Å². The van der Waals surface area contributed by atoms with Gasteiger partial charge < -0.3 is 9.64 Å². The summed E-state index contributed by atoms with van der Waals surface area (Å²) in [5.74, 6) is 0.307. The smallest absolute Gasteiger partial charge is 0.140 e. The van der Waals surface area contributed by atoms with Crippen LogP contribution < -0.4 is 4.90 Å². The molecule has 0 unspecified atom stereocenters. The first-order chi connectivity index (χ1) is 8.72. The fraction of sp³-hybridized carbons (Fsp3) is 0.533. The molecule has 1 aliphatic carbocycles. The molecule has 1 aromatic carbocycles. The van der Waals surface area contributed by atoms with Gasteiger partial charge in [0.15, 0.2) is 0 Å². The van der Waals surface area contributed by atoms with E-state index in [0.717, 1.165) is 39.1 Å². The molecule has 0 amide bonds. The van der Waals surface area contributed by atoms with Crippen LogP contribution in [0.15, 0.2) is 24.3 Å². The number of Topliss-reactive ketones (excluding diaryl/α,β-unsaturated/α-hetero) is 1. The molecule has 0 bridgehead atoms. The maximum Gasteiger partial charge on any atom is 0.140 e. The van der Waals surface area contributed by atoms with Crippen molar-refractivity contribution < 1.29 is 9.53 Å². The number of ketones is 1. The third-order valence-corrected chi connectivity index (χ3v) is 4.22. The van der Waals surface area contributed by atoms with Crippen molar-refractivity contribution in [2.24, 2.45) is 0 Å². The van der Waals surface area contributed by atoms with Crippen LogP contribution in [0.1, 0.15) is 25.3 Å². The zero-order chi connectivity index (χ0) is 12.6. The topological polar surface area (TPSA) is 29.5 Å². The molecule has 0 aromatic heterocycles. The van der Waals surface area contributed by atoms with E-state index in [0.29, 0.717) is 5.78 Å². The lowest BCUT2D eigenvalue weighted by Gasteiger charge is -2.29. The maximum absolute atomic E-state index is 11.7. The molecular weight excluding hydrogens is 226 g/mol. The summed E-state index contributed by atoms with van der Waals surface area (Å²) in [6.07, 6.45) is 2.03. The van der Waals surface area contributed by atoms with Gasteiger partial charge >= 0.3 is 0 Å². The van der Waals surface area contributed by atoms with Crippen LogP contribution in [-0.2, 0) is 14.9 Å². The molecule has 1 aliphatic heterocycles. The summed E-state index contributed by atoms with van der Waals surface area (Å²) in [5, 5.41) is 0. The number of nitrogens with zero attached hydrogens (tertiary/aromatic N) is 1. The summed E-state index contributed by atoms with van der Waals surface area (Å²) in [6, 6.07) is 8.53. The highest BCUT2D eigenvalue weighted by Gasteiger charge is 2.48. The second kappa shape index (κ2) is 4.39. The average Bonchev–Trinajstić information content (AvgIpc) is 3.22. The van der Waals surface area contributed by atoms with Gasteiger partial charge in [-0.25, -0.2) is 0 Å². The van der Waals surface area contributed by atoms with Gasteiger partial charge in [0.2, 0.25) is 0 Å². The van der Waals surface area contributed by atoms with Crippen molar-refractivity contribution in [1.82, 2.24) is 0 Å². The van der Waals surface area contributed by atoms with Crippen LogP contribution in [-0.4, -0.2) is 32.1 Å². The molecule has 0 atom stereocenters. The van der Waals surface area contributed by atoms with Crippen LogP contribution in [0.4, 0.5) is 5.69 Å². The second-order valence-electron chi connectivity index (χ2n) is 5.28. The minimum Gasteiger partial charge on any atom is -0.378 e. The van der Waals surface area contributed by atoms with E-state index in [2.05, 4.69) is 29.2 Å². The van der Waals surface area contributed by atoms with E-state index in [9.17, 15) is 4.79 Å². The number of hydrogen-bond donors (Lipinski definition) is 0. The van der Waals surface area contributed by atoms with E-state index in [-0.39, 0.29) is 5.41 Å². The molecule has 1 saturated heterocycles. The zero-order valence-corrected chi connectivity index (χ0v) is 10.8. The first-order valence-electron chi connectivity index (χ1n) is 6.67. The molecule has 2 fully saturated rings. The molecule has 3 rings (SSSR count). The Bertz CT molecular complexity index is 442. The van der Waals surface area contributed by atoms with Gasteiger partial charge in [0.1, 0.15) is 5.78 Å². The summed E-state index contributed by atoms with van der Waals surface area (Å²) >= 11 is 0. The van der Waals surface area contributed by atoms with E-state index >= 15 is 0 Å². The number of ether oxygens (including phenoxy) is 1. The van der Waals surface area contributed by atoms with Gasteiger partial charge in [-0.1, -0.05) is 12.1 Å². The predicted octanol–water partition coefficient (Wildman–Crippen LogP) is 2.14. The van der Waals surface area contributed by atoms with E-state index in [1.165, 1.54) is 11.3 Å². The van der Waals surface area contributed by atoms with Crippen LogP contribution in [0, 0.1) is 0 Å². The molecule has 1 saturated carbocycles. The van der Waals surface area contributed by atoms with Crippen molar-refractivity contribution in [3.63, 3.8) is 0 Å². The highest BCUT2D eigenvalue weighted by molar-refractivity contribution is 5.91. The fourth-order valence-corrected chi connectivity index (χ4v) is 2.78. The Hall–Kier alpha value is -1.35. The summed E-state index contributed by atoms with van der Waals surface area (Å²) in [6.45, 7) is 5.23. The Kier molecular flexibility index (Phi) is 2.86. The third kappa shape index (κ3) is 1.93. The molecule has 0 spiro atoms. The summed E-state index contributed by atoms with van der Waals surface area (Å²) in [4.78, 5) is 14.0. The highest BCUT2D eigenvalue weighted by atomic mass is 16.5. The van der Waals surface area contributed by atoms with E-state index in [1.54, 1.807) is 6.92 Å². The SMILES string of the molecule is CC(=O)C1(c2ccc(N3CCOCC3)cc2)CC1. The van der Waals surface area contributed by atoms with Crippen molar-refractivity contribution in [2.45, 2.75) is 25.2 Å². The average molecular weight is 245 g/mol. The van der Waals surface area contributed by atoms with Gasteiger partial charge in [0.05, 0.1) is 18.6 Å². The number of carbonyl (C=O) groups is 1. The van der Waals surface area contributed by atoms with E-state index in [4.69, 9.17) is 4.74 Å². The number of benzene rings is 1. The molecule has 1 heterocycles. The minimum absolute atomic E-state index is 0.149. The normalized spacial score (nSPS) is 21.7. The Labute approximate surface area is 108 Å². The third-order valence-electron chi connectivity index (χ3n) is 4.22. The highest BCUT2D eigenvalue weighted by Crippen LogP contribution is 2.49. The standard InChI is InChI=1S/C15H19NO2/c1-12(17)15(6-7-15)13-2-4-14(5-3-13)16-8-10-18-11-9-16/h2-5H,6-11H2,1H3. The molecule has 3 heteroatoms. The second-order valence-corrected chi connectivity index (χ2v) is 5.28. The Morgan fingerprint density at radius 1 is 1.17 bits per heavy atom. The quantitative estimate of drug-likeness (QED) is 0.817. The lowest BCUT2D eigenvalue weighted by atomic mass is 9.92. The van der Waals surface area contributed by atoms with Gasteiger partial charge in [0.25, 0.3) is 0 Å². The lowest BCUT2D eigenvalue weighted by Crippen LogP contribution is -2.36. The monoisotopic (exact) mass is 245 g/mol. The first kappa shape index (κ1) is 11.7. The number of carbonyl (C=O) groups excluding carboxylic acids is 1. The Morgan fingerprint density at radius 2 is 1.78 bits per heavy atom. The number of morpholine rings is 1. The van der Waals surface area contributed by atoms with Crippen LogP contribution in [0.5, 0.6) is 0 Å². The van der Waals surface area contributed by atoms with Gasteiger partial charge in [-0.2, -0.15) is 0 Å². The number of anilines is 1. The molecule has 0 radical (unpaired) electrons. The van der Waals surface area contributed by atoms with Gasteiger partial charge in [0, 0.05) is 18.8 Å². The lowest BCUT2D eigenvalue weighted by molar-refractivity contribution is -0.119. The van der Waals surface area contributed by atoms with Gasteiger partial charge in [-0.05, 0) is 37.5 Å². The summed E-state index contributed by atoms with van der Waals surface area (Å²) in [5.41, 5.74) is 2.28. The molecule has 18 heavy (non-hydrogen) atoms. The Balaban J connectivity index is 1.79. The van der Waals surface area contributed by atoms with Crippen molar-refractivity contribution in [3.05, 3.63) is 29.8 Å². The largest absolute Gasteiger partial charge is 0.378 e. The molecule has 96 valence electrons. The number of rotatable bonds is 3. The molecule has 1 aromatic rings. The van der Waals surface area contributed by atoms with Gasteiger partial charge in [-0.3, -0.25) is 4.79 Å². The maximum atomic E-state index is 11.7. The minimum atomic E-state index is -0.149.